The largest absolute Gasteiger partial charge is 0.478 e. The van der Waals surface area contributed by atoms with Crippen LogP contribution >= 0.6 is 0 Å². The van der Waals surface area contributed by atoms with Gasteiger partial charge >= 0.3 is 5.97 Å². The highest BCUT2D eigenvalue weighted by Crippen LogP contribution is 2.10. The molecule has 0 heterocycles. The lowest BCUT2D eigenvalue weighted by Crippen LogP contribution is -1.85. The summed E-state index contributed by atoms with van der Waals surface area (Å²) >= 11 is 0. The van der Waals surface area contributed by atoms with Crippen molar-refractivity contribution in [2.45, 2.75) is 84.0 Å². The van der Waals surface area contributed by atoms with Crippen molar-refractivity contribution in [3.05, 3.63) is 24.3 Å². The predicted octanol–water partition coefficient (Wildman–Crippen LogP) is 5.88. The second kappa shape index (κ2) is 16.0. The van der Waals surface area contributed by atoms with Crippen molar-refractivity contribution in [3.63, 3.8) is 0 Å². The normalized spacial score (nSPS) is 11.7. The predicted molar refractivity (Wildman–Crippen MR) is 87.0 cm³/mol. The molecule has 0 aliphatic rings. The maximum absolute atomic E-state index is 10.2. The van der Waals surface area contributed by atoms with Crippen LogP contribution in [0.5, 0.6) is 0 Å². The Morgan fingerprint density at radius 2 is 1.25 bits per heavy atom. The number of carboxylic acids is 1. The first kappa shape index (κ1) is 18.9. The third-order valence-corrected chi connectivity index (χ3v) is 3.40. The zero-order valence-corrected chi connectivity index (χ0v) is 13.2. The van der Waals surface area contributed by atoms with Gasteiger partial charge in [-0.15, -0.1) is 0 Å². The average molecular weight is 280 g/mol. The lowest BCUT2D eigenvalue weighted by atomic mass is 10.1. The summed E-state index contributed by atoms with van der Waals surface area (Å²) in [5.74, 6) is -0.858. The van der Waals surface area contributed by atoms with E-state index >= 15 is 0 Å². The number of carbonyl (C=O) groups is 1. The third kappa shape index (κ3) is 16.9. The van der Waals surface area contributed by atoms with Gasteiger partial charge in [0.2, 0.25) is 0 Å². The molecule has 116 valence electrons. The minimum Gasteiger partial charge on any atom is -0.478 e. The van der Waals surface area contributed by atoms with Gasteiger partial charge in [-0.1, -0.05) is 76.5 Å². The molecule has 0 fully saturated rings. The zero-order valence-electron chi connectivity index (χ0n) is 13.2. The Labute approximate surface area is 125 Å². The fraction of sp³-hybridized carbons (Fsp3) is 0.722. The number of hydrogen-bond donors (Lipinski definition) is 1. The van der Waals surface area contributed by atoms with Crippen LogP contribution < -0.4 is 0 Å². The van der Waals surface area contributed by atoms with E-state index in [2.05, 4.69) is 19.1 Å². The second-order valence-corrected chi connectivity index (χ2v) is 5.41. The zero-order chi connectivity index (χ0) is 14.9. The molecular weight excluding hydrogens is 248 g/mol. The first-order valence-corrected chi connectivity index (χ1v) is 8.31. The molecule has 0 aromatic carbocycles. The summed E-state index contributed by atoms with van der Waals surface area (Å²) in [7, 11) is 0. The first-order chi connectivity index (χ1) is 9.77. The van der Waals surface area contributed by atoms with Crippen LogP contribution in [0.2, 0.25) is 0 Å². The quantitative estimate of drug-likeness (QED) is 0.245. The topological polar surface area (TPSA) is 37.3 Å². The van der Waals surface area contributed by atoms with E-state index in [-0.39, 0.29) is 0 Å². The van der Waals surface area contributed by atoms with Crippen LogP contribution in [0.3, 0.4) is 0 Å². The van der Waals surface area contributed by atoms with E-state index in [9.17, 15) is 4.79 Å². The van der Waals surface area contributed by atoms with Gasteiger partial charge in [0.25, 0.3) is 0 Å². The Kier molecular flexibility index (Phi) is 15.2. The van der Waals surface area contributed by atoms with Crippen molar-refractivity contribution >= 4 is 5.97 Å². The molecule has 0 aliphatic heterocycles. The molecule has 0 aromatic rings. The van der Waals surface area contributed by atoms with Crippen LogP contribution in [0.25, 0.3) is 0 Å². The molecule has 20 heavy (non-hydrogen) atoms. The van der Waals surface area contributed by atoms with E-state index in [1.807, 2.05) is 0 Å². The Morgan fingerprint density at radius 1 is 0.750 bits per heavy atom. The highest BCUT2D eigenvalue weighted by atomic mass is 16.4. The summed E-state index contributed by atoms with van der Waals surface area (Å²) in [5, 5.41) is 8.41. The van der Waals surface area contributed by atoms with Crippen molar-refractivity contribution in [2.24, 2.45) is 0 Å². The molecule has 2 nitrogen and oxygen atoms in total. The van der Waals surface area contributed by atoms with E-state index in [0.29, 0.717) is 0 Å². The maximum atomic E-state index is 10.2. The Hall–Kier alpha value is -1.05. The van der Waals surface area contributed by atoms with E-state index in [1.54, 1.807) is 6.08 Å². The van der Waals surface area contributed by atoms with E-state index in [1.165, 1.54) is 70.3 Å². The van der Waals surface area contributed by atoms with Gasteiger partial charge in [0.05, 0.1) is 0 Å². The Bertz CT molecular complexity index is 267. The summed E-state index contributed by atoms with van der Waals surface area (Å²) in [5.41, 5.74) is 0. The standard InChI is InChI=1S/C18H32O2/c1-2-3-4-5-6-7-8-9-10-11-12-13-14-15-16-17-18(19)20/h12-13,16-17H,2-11,14-15H2,1H3,(H,19,20). The van der Waals surface area contributed by atoms with Crippen LogP contribution in [-0.2, 0) is 4.79 Å². The molecule has 0 amide bonds. The molecule has 0 saturated heterocycles. The number of aliphatic carboxylic acids is 1. The third-order valence-electron chi connectivity index (χ3n) is 3.40. The average Bonchev–Trinajstić information content (AvgIpc) is 2.43. The number of hydrogen-bond acceptors (Lipinski definition) is 1. The summed E-state index contributed by atoms with van der Waals surface area (Å²) in [6, 6.07) is 0. The monoisotopic (exact) mass is 280 g/mol. The van der Waals surface area contributed by atoms with Gasteiger partial charge in [0, 0.05) is 6.08 Å². The molecule has 0 unspecified atom stereocenters. The van der Waals surface area contributed by atoms with Gasteiger partial charge in [-0.25, -0.2) is 4.79 Å². The fourth-order valence-electron chi connectivity index (χ4n) is 2.19. The number of allylic oxidation sites excluding steroid dienone is 3. The summed E-state index contributed by atoms with van der Waals surface area (Å²) in [6.45, 7) is 2.26. The van der Waals surface area contributed by atoms with Crippen molar-refractivity contribution in [1.82, 2.24) is 0 Å². The Balaban J connectivity index is 3.13. The van der Waals surface area contributed by atoms with Gasteiger partial charge in [-0.3, -0.25) is 0 Å². The van der Waals surface area contributed by atoms with Gasteiger partial charge in [0.15, 0.2) is 0 Å². The van der Waals surface area contributed by atoms with Gasteiger partial charge in [-0.05, 0) is 25.7 Å². The van der Waals surface area contributed by atoms with Crippen LogP contribution in [0.4, 0.5) is 0 Å². The minimum absolute atomic E-state index is 0.820. The summed E-state index contributed by atoms with van der Waals surface area (Å²) in [6.07, 6.45) is 22.6. The first-order valence-electron chi connectivity index (χ1n) is 8.31. The van der Waals surface area contributed by atoms with Gasteiger partial charge in [-0.2, -0.15) is 0 Å². The van der Waals surface area contributed by atoms with Crippen molar-refractivity contribution < 1.29 is 9.90 Å². The summed E-state index contributed by atoms with van der Waals surface area (Å²) in [4.78, 5) is 10.2. The highest BCUT2D eigenvalue weighted by molar-refractivity contribution is 5.79. The van der Waals surface area contributed by atoms with Crippen molar-refractivity contribution in [3.8, 4) is 0 Å². The summed E-state index contributed by atoms with van der Waals surface area (Å²) < 4.78 is 0. The molecule has 0 radical (unpaired) electrons. The molecule has 0 saturated carbocycles. The van der Waals surface area contributed by atoms with Crippen LogP contribution in [0.1, 0.15) is 84.0 Å². The second-order valence-electron chi connectivity index (χ2n) is 5.41. The maximum Gasteiger partial charge on any atom is 0.327 e. The number of carboxylic acid groups (broad SMARTS) is 1. The SMILES string of the molecule is CCCCCCCCCCCC=CCCC=CC(=O)O. The number of rotatable bonds is 14. The Morgan fingerprint density at radius 3 is 1.85 bits per heavy atom. The molecule has 0 bridgehead atoms. The molecule has 0 rings (SSSR count). The van der Waals surface area contributed by atoms with E-state index < -0.39 is 5.97 Å². The lowest BCUT2D eigenvalue weighted by molar-refractivity contribution is -0.131. The highest BCUT2D eigenvalue weighted by Gasteiger charge is 1.91. The van der Waals surface area contributed by atoms with Crippen molar-refractivity contribution in [1.29, 1.82) is 0 Å². The molecule has 2 heteroatoms. The van der Waals surface area contributed by atoms with Crippen LogP contribution in [0.15, 0.2) is 24.3 Å². The van der Waals surface area contributed by atoms with Gasteiger partial charge in [0.1, 0.15) is 0 Å². The lowest BCUT2D eigenvalue weighted by Gasteiger charge is -2.00. The van der Waals surface area contributed by atoms with E-state index in [4.69, 9.17) is 5.11 Å². The number of unbranched alkanes of at least 4 members (excludes halogenated alkanes) is 10. The fourth-order valence-corrected chi connectivity index (χ4v) is 2.19. The molecule has 1 N–H and O–H groups in total. The van der Waals surface area contributed by atoms with E-state index in [0.717, 1.165) is 12.8 Å². The molecule has 0 aliphatic carbocycles. The van der Waals surface area contributed by atoms with Gasteiger partial charge < -0.3 is 5.11 Å². The molecular formula is C18H32O2. The smallest absolute Gasteiger partial charge is 0.327 e. The molecule has 0 spiro atoms. The van der Waals surface area contributed by atoms with Crippen molar-refractivity contribution in [2.75, 3.05) is 0 Å². The van der Waals surface area contributed by atoms with Crippen LogP contribution in [-0.4, -0.2) is 11.1 Å². The molecule has 0 aromatic heterocycles. The molecule has 0 atom stereocenters. The minimum atomic E-state index is -0.858. The van der Waals surface area contributed by atoms with Crippen LogP contribution in [0, 0.1) is 0 Å².